The van der Waals surface area contributed by atoms with E-state index in [1.54, 1.807) is 4.90 Å². The summed E-state index contributed by atoms with van der Waals surface area (Å²) in [5.74, 6) is 2.06. The largest absolute Gasteiger partial charge is 0.331 e. The molecule has 5 rings (SSSR count). The Balaban J connectivity index is 0.00000136. The van der Waals surface area contributed by atoms with Crippen LogP contribution in [0.3, 0.4) is 0 Å². The third-order valence-electron chi connectivity index (χ3n) is 9.26. The van der Waals surface area contributed by atoms with E-state index in [9.17, 15) is 4.79 Å². The van der Waals surface area contributed by atoms with Crippen LogP contribution in [0.25, 0.3) is 0 Å². The van der Waals surface area contributed by atoms with Gasteiger partial charge in [0, 0.05) is 24.4 Å². The summed E-state index contributed by atoms with van der Waals surface area (Å²) in [6.07, 6.45) is 15.2. The second kappa shape index (κ2) is 8.77. The molecule has 0 radical (unpaired) electrons. The van der Waals surface area contributed by atoms with Gasteiger partial charge < -0.3 is 15.1 Å². The summed E-state index contributed by atoms with van der Waals surface area (Å²) in [5, 5.41) is 3.26. The van der Waals surface area contributed by atoms with Crippen LogP contribution in [-0.4, -0.2) is 49.1 Å². The fraction of sp³-hybridized carbons (Fsp3) is 0.741. The number of nitrogens with one attached hydrogen (secondary N) is 1. The lowest BCUT2D eigenvalue weighted by Crippen LogP contribution is -2.49. The standard InChI is InChI=1S/C27H41N3O.3H2/c1-29(2)26(31)28-25-13-14-27(24-6-4-3-5-23(24)25)15-17-30(18-16-27)22-11-9-20-7-8-21(19-20)10-12-22;;;/h3-6,20-22,25H,7-19H2,1-2H3,(H,28,31);3*1H/t20-,21?,22?,25-;;;/m0.../s1. The Hall–Kier alpha value is -1.55. The fourth-order valence-corrected chi connectivity index (χ4v) is 7.33. The molecule has 31 heavy (non-hydrogen) atoms. The Morgan fingerprint density at radius 3 is 2.29 bits per heavy atom. The topological polar surface area (TPSA) is 35.6 Å². The van der Waals surface area contributed by atoms with E-state index in [2.05, 4.69) is 34.5 Å². The van der Waals surface area contributed by atoms with Crippen molar-refractivity contribution in [2.24, 2.45) is 11.8 Å². The van der Waals surface area contributed by atoms with E-state index in [0.717, 1.165) is 24.3 Å². The summed E-state index contributed by atoms with van der Waals surface area (Å²) >= 11 is 0. The molecule has 1 aromatic rings. The summed E-state index contributed by atoms with van der Waals surface area (Å²) in [6, 6.07) is 9.95. The van der Waals surface area contributed by atoms with Crippen molar-refractivity contribution < 1.29 is 9.07 Å². The van der Waals surface area contributed by atoms with Gasteiger partial charge in [-0.2, -0.15) is 0 Å². The monoisotopic (exact) mass is 429 g/mol. The van der Waals surface area contributed by atoms with E-state index in [0.29, 0.717) is 5.41 Å². The Morgan fingerprint density at radius 1 is 0.968 bits per heavy atom. The quantitative estimate of drug-likeness (QED) is 0.605. The number of amides is 2. The van der Waals surface area contributed by atoms with Gasteiger partial charge in [-0.25, -0.2) is 4.79 Å². The number of hydrogen-bond donors (Lipinski definition) is 1. The highest BCUT2D eigenvalue weighted by Crippen LogP contribution is 2.49. The molecule has 1 spiro atoms. The lowest BCUT2D eigenvalue weighted by atomic mass is 9.63. The number of carbonyl (C=O) groups is 1. The highest BCUT2D eigenvalue weighted by molar-refractivity contribution is 5.74. The maximum atomic E-state index is 12.3. The normalized spacial score (nSPS) is 32.7. The summed E-state index contributed by atoms with van der Waals surface area (Å²) < 4.78 is 0. The zero-order chi connectivity index (χ0) is 21.4. The first kappa shape index (κ1) is 21.3. The van der Waals surface area contributed by atoms with Gasteiger partial charge in [-0.1, -0.05) is 37.1 Å². The molecule has 1 aliphatic heterocycles. The molecule has 0 aromatic heterocycles. The Labute approximate surface area is 193 Å². The molecule has 2 bridgehead atoms. The number of carbonyl (C=O) groups excluding carboxylic acids is 1. The number of hydrogen-bond acceptors (Lipinski definition) is 2. The van der Waals surface area contributed by atoms with Crippen LogP contribution in [0.4, 0.5) is 4.79 Å². The molecule has 4 heteroatoms. The number of piperidine rings is 1. The molecule has 3 fully saturated rings. The molecule has 4 aliphatic rings. The minimum atomic E-state index is 0. The van der Waals surface area contributed by atoms with Crippen LogP contribution in [0.1, 0.15) is 92.1 Å². The van der Waals surface area contributed by atoms with Crippen LogP contribution in [0.2, 0.25) is 0 Å². The maximum Gasteiger partial charge on any atom is 0.317 e. The Bertz CT molecular complexity index is 783. The molecule has 2 saturated carbocycles. The number of nitrogens with zero attached hydrogens (tertiary/aromatic N) is 2. The van der Waals surface area contributed by atoms with Gasteiger partial charge in [0.25, 0.3) is 0 Å². The van der Waals surface area contributed by atoms with Gasteiger partial charge in [0.15, 0.2) is 0 Å². The number of rotatable bonds is 2. The molecule has 2 amide bonds. The lowest BCUT2D eigenvalue weighted by Gasteiger charge is -2.49. The molecular formula is C27H47N3O. The third kappa shape index (κ3) is 4.25. The first-order valence-corrected chi connectivity index (χ1v) is 12.9. The first-order chi connectivity index (χ1) is 15.0. The van der Waals surface area contributed by atoms with Crippen molar-refractivity contribution in [1.29, 1.82) is 0 Å². The molecule has 4 nitrogen and oxygen atoms in total. The lowest BCUT2D eigenvalue weighted by molar-refractivity contribution is 0.0833. The first-order valence-electron chi connectivity index (χ1n) is 12.9. The summed E-state index contributed by atoms with van der Waals surface area (Å²) in [7, 11) is 3.64. The smallest absolute Gasteiger partial charge is 0.317 e. The zero-order valence-electron chi connectivity index (χ0n) is 19.6. The molecule has 1 N–H and O–H groups in total. The van der Waals surface area contributed by atoms with Crippen LogP contribution < -0.4 is 5.32 Å². The van der Waals surface area contributed by atoms with E-state index < -0.39 is 0 Å². The molecule has 1 aromatic carbocycles. The van der Waals surface area contributed by atoms with Crippen LogP contribution in [0.15, 0.2) is 24.3 Å². The molecule has 4 atom stereocenters. The van der Waals surface area contributed by atoms with E-state index in [4.69, 9.17) is 0 Å². The molecular weight excluding hydrogens is 382 g/mol. The maximum absolute atomic E-state index is 12.3. The zero-order valence-corrected chi connectivity index (χ0v) is 19.6. The van der Waals surface area contributed by atoms with Crippen molar-refractivity contribution in [2.75, 3.05) is 27.2 Å². The highest BCUT2D eigenvalue weighted by atomic mass is 16.2. The van der Waals surface area contributed by atoms with E-state index in [1.807, 2.05) is 14.1 Å². The summed E-state index contributed by atoms with van der Waals surface area (Å²) in [4.78, 5) is 16.8. The van der Waals surface area contributed by atoms with Gasteiger partial charge >= 0.3 is 6.03 Å². The van der Waals surface area contributed by atoms with Crippen LogP contribution in [-0.2, 0) is 5.41 Å². The van der Waals surface area contributed by atoms with Crippen LogP contribution in [0.5, 0.6) is 0 Å². The minimum Gasteiger partial charge on any atom is -0.331 e. The predicted octanol–water partition coefficient (Wildman–Crippen LogP) is 6.22. The predicted molar refractivity (Wildman–Crippen MR) is 133 cm³/mol. The average molecular weight is 430 g/mol. The second-order valence-electron chi connectivity index (χ2n) is 11.2. The Morgan fingerprint density at radius 2 is 1.61 bits per heavy atom. The van der Waals surface area contributed by atoms with Crippen molar-refractivity contribution in [3.63, 3.8) is 0 Å². The highest BCUT2D eigenvalue weighted by Gasteiger charge is 2.43. The van der Waals surface area contributed by atoms with E-state index in [1.165, 1.54) is 88.4 Å². The van der Waals surface area contributed by atoms with Crippen LogP contribution >= 0.6 is 0 Å². The van der Waals surface area contributed by atoms with Crippen molar-refractivity contribution >= 4 is 6.03 Å². The van der Waals surface area contributed by atoms with Gasteiger partial charge in [0.05, 0.1) is 6.04 Å². The second-order valence-corrected chi connectivity index (χ2v) is 11.2. The summed E-state index contributed by atoms with van der Waals surface area (Å²) in [6.45, 7) is 2.51. The average Bonchev–Trinajstić information content (AvgIpc) is 3.26. The van der Waals surface area contributed by atoms with Gasteiger partial charge in [-0.05, 0) is 99.3 Å². The minimum absolute atomic E-state index is 0. The van der Waals surface area contributed by atoms with Gasteiger partial charge in [-0.3, -0.25) is 0 Å². The van der Waals surface area contributed by atoms with Crippen molar-refractivity contribution in [3.05, 3.63) is 35.4 Å². The molecule has 1 saturated heterocycles. The fourth-order valence-electron chi connectivity index (χ4n) is 7.33. The molecule has 3 aliphatic carbocycles. The number of fused-ring (bicyclic) bond motifs is 4. The Kier molecular flexibility index (Phi) is 6.02. The third-order valence-corrected chi connectivity index (χ3v) is 9.26. The van der Waals surface area contributed by atoms with Crippen molar-refractivity contribution in [1.82, 2.24) is 15.1 Å². The summed E-state index contributed by atoms with van der Waals surface area (Å²) in [5.41, 5.74) is 3.19. The van der Waals surface area contributed by atoms with Crippen molar-refractivity contribution in [2.45, 2.75) is 88.1 Å². The van der Waals surface area contributed by atoms with Gasteiger partial charge in [-0.15, -0.1) is 0 Å². The SMILES string of the molecule is CN(C)C(=O)N[C@H]1CCC2(CCN(C3CCC4CC[C@@H](CC3)C4)CC2)c2ccccc21.[HH].[HH].[HH]. The van der Waals surface area contributed by atoms with Crippen molar-refractivity contribution in [3.8, 4) is 0 Å². The molecule has 2 unspecified atom stereocenters. The van der Waals surface area contributed by atoms with E-state index >= 15 is 0 Å². The number of urea groups is 1. The van der Waals surface area contributed by atoms with Gasteiger partial charge in [0.2, 0.25) is 0 Å². The molecule has 176 valence electrons. The van der Waals surface area contributed by atoms with E-state index in [-0.39, 0.29) is 16.4 Å². The molecule has 1 heterocycles. The van der Waals surface area contributed by atoms with Crippen LogP contribution in [0, 0.1) is 11.8 Å². The van der Waals surface area contributed by atoms with Gasteiger partial charge in [0.1, 0.15) is 0 Å². The number of likely N-dealkylation sites (tertiary alicyclic amines) is 1. The number of benzene rings is 1.